The lowest BCUT2D eigenvalue weighted by molar-refractivity contribution is -0.145. The largest absolute Gasteiger partial charge is 0.469 e. The molecule has 0 fully saturated rings. The van der Waals surface area contributed by atoms with E-state index in [-0.39, 0.29) is 11.9 Å². The molecule has 1 aromatic heterocycles. The molecule has 0 saturated carbocycles. The predicted molar refractivity (Wildman–Crippen MR) is 110 cm³/mol. The average Bonchev–Trinajstić information content (AvgIpc) is 3.14. The minimum Gasteiger partial charge on any atom is -0.469 e. The van der Waals surface area contributed by atoms with Crippen molar-refractivity contribution in [3.63, 3.8) is 0 Å². The normalized spacial score (nSPS) is 11.8. The first-order valence-corrected chi connectivity index (χ1v) is 10.0. The molecule has 0 aliphatic heterocycles. The Kier molecular flexibility index (Phi) is 9.21. The van der Waals surface area contributed by atoms with Gasteiger partial charge in [0.15, 0.2) is 0 Å². The average molecular weight is 402 g/mol. The van der Waals surface area contributed by atoms with Gasteiger partial charge in [-0.1, -0.05) is 37.5 Å². The number of hydrogen-bond donors (Lipinski definition) is 2. The Morgan fingerprint density at radius 3 is 2.38 bits per heavy atom. The molecular weight excluding hydrogens is 372 g/mol. The number of rotatable bonds is 12. The number of para-hydroxylation sites is 1. The lowest BCUT2D eigenvalue weighted by Gasteiger charge is -2.16. The zero-order valence-corrected chi connectivity index (χ0v) is 17.2. The van der Waals surface area contributed by atoms with Gasteiger partial charge in [-0.3, -0.25) is 9.59 Å². The van der Waals surface area contributed by atoms with Crippen molar-refractivity contribution in [3.05, 3.63) is 36.0 Å². The summed E-state index contributed by atoms with van der Waals surface area (Å²) >= 11 is 0. The number of hydrogen-bond acceptors (Lipinski definition) is 5. The number of carbonyl (C=O) groups is 3. The summed E-state index contributed by atoms with van der Waals surface area (Å²) in [4.78, 5) is 38.7. The Morgan fingerprint density at radius 1 is 0.966 bits per heavy atom. The molecule has 0 spiro atoms. The van der Waals surface area contributed by atoms with Gasteiger partial charge in [0.1, 0.15) is 6.04 Å². The van der Waals surface area contributed by atoms with Crippen molar-refractivity contribution in [3.8, 4) is 0 Å². The van der Waals surface area contributed by atoms with Crippen LogP contribution in [0.3, 0.4) is 0 Å². The number of ether oxygens (including phenoxy) is 2. The molecule has 29 heavy (non-hydrogen) atoms. The molecule has 0 radical (unpaired) electrons. The standard InChI is InChI=1S/C22H30N2O5/c1-28-21(26)13-7-5-3-4-6-12-20(25)24-19(22(27)29-2)14-16-15-23-18-11-9-8-10-17(16)18/h8-11,15,19,23H,3-7,12-14H2,1-2H3,(H,24,25). The van der Waals surface area contributed by atoms with E-state index in [4.69, 9.17) is 4.74 Å². The fraction of sp³-hybridized carbons (Fsp3) is 0.500. The number of methoxy groups -OCH3 is 2. The fourth-order valence-electron chi connectivity index (χ4n) is 3.31. The van der Waals surface area contributed by atoms with Crippen molar-refractivity contribution < 1.29 is 23.9 Å². The highest BCUT2D eigenvalue weighted by atomic mass is 16.5. The lowest BCUT2D eigenvalue weighted by Crippen LogP contribution is -2.42. The maximum Gasteiger partial charge on any atom is 0.328 e. The second kappa shape index (κ2) is 11.9. The highest BCUT2D eigenvalue weighted by Crippen LogP contribution is 2.19. The first-order valence-electron chi connectivity index (χ1n) is 10.0. The summed E-state index contributed by atoms with van der Waals surface area (Å²) in [5, 5.41) is 3.84. The van der Waals surface area contributed by atoms with Gasteiger partial charge in [0, 0.05) is 36.4 Å². The van der Waals surface area contributed by atoms with Gasteiger partial charge >= 0.3 is 11.9 Å². The van der Waals surface area contributed by atoms with E-state index in [2.05, 4.69) is 15.0 Å². The molecule has 2 rings (SSSR count). The number of carbonyl (C=O) groups excluding carboxylic acids is 3. The third-order valence-corrected chi connectivity index (χ3v) is 4.93. The van der Waals surface area contributed by atoms with Gasteiger partial charge in [0.25, 0.3) is 0 Å². The van der Waals surface area contributed by atoms with Crippen LogP contribution in [0.2, 0.25) is 0 Å². The summed E-state index contributed by atoms with van der Waals surface area (Å²) < 4.78 is 9.48. The van der Waals surface area contributed by atoms with Crippen LogP contribution in [0.15, 0.2) is 30.5 Å². The van der Waals surface area contributed by atoms with E-state index in [1.54, 1.807) is 0 Å². The maximum atomic E-state index is 12.3. The first-order chi connectivity index (χ1) is 14.0. The van der Waals surface area contributed by atoms with Gasteiger partial charge in [-0.2, -0.15) is 0 Å². The number of amides is 1. The van der Waals surface area contributed by atoms with Gasteiger partial charge < -0.3 is 19.8 Å². The van der Waals surface area contributed by atoms with Crippen LogP contribution in [-0.2, 0) is 30.3 Å². The van der Waals surface area contributed by atoms with E-state index >= 15 is 0 Å². The first kappa shape index (κ1) is 22.5. The van der Waals surface area contributed by atoms with Crippen molar-refractivity contribution >= 4 is 28.7 Å². The smallest absolute Gasteiger partial charge is 0.328 e. The number of H-pyrrole nitrogens is 1. The van der Waals surface area contributed by atoms with Gasteiger partial charge in [0.2, 0.25) is 5.91 Å². The maximum absolute atomic E-state index is 12.3. The molecule has 2 aromatic rings. The molecule has 1 aromatic carbocycles. The van der Waals surface area contributed by atoms with Crippen LogP contribution in [0.5, 0.6) is 0 Å². The zero-order chi connectivity index (χ0) is 21.1. The van der Waals surface area contributed by atoms with E-state index in [9.17, 15) is 14.4 Å². The van der Waals surface area contributed by atoms with E-state index in [1.165, 1.54) is 14.2 Å². The molecule has 0 aliphatic carbocycles. The van der Waals surface area contributed by atoms with Crippen LogP contribution in [0.1, 0.15) is 50.5 Å². The SMILES string of the molecule is COC(=O)CCCCCCCC(=O)NC(Cc1c[nH]c2ccccc12)C(=O)OC. The van der Waals surface area contributed by atoms with Gasteiger partial charge in [-0.15, -0.1) is 0 Å². The van der Waals surface area contributed by atoms with Crippen LogP contribution in [0.4, 0.5) is 0 Å². The molecule has 0 bridgehead atoms. The number of aromatic amines is 1. The van der Waals surface area contributed by atoms with E-state index in [0.717, 1.165) is 48.6 Å². The molecule has 1 heterocycles. The topological polar surface area (TPSA) is 97.5 Å². The van der Waals surface area contributed by atoms with Crippen LogP contribution < -0.4 is 5.32 Å². The third-order valence-electron chi connectivity index (χ3n) is 4.93. The van der Waals surface area contributed by atoms with Crippen molar-refractivity contribution in [2.45, 2.75) is 57.4 Å². The van der Waals surface area contributed by atoms with Crippen LogP contribution in [-0.4, -0.2) is 43.1 Å². The highest BCUT2D eigenvalue weighted by Gasteiger charge is 2.23. The Morgan fingerprint density at radius 2 is 1.66 bits per heavy atom. The zero-order valence-electron chi connectivity index (χ0n) is 17.2. The van der Waals surface area contributed by atoms with Crippen molar-refractivity contribution in [2.24, 2.45) is 0 Å². The molecule has 2 N–H and O–H groups in total. The fourth-order valence-corrected chi connectivity index (χ4v) is 3.31. The monoisotopic (exact) mass is 402 g/mol. The van der Waals surface area contributed by atoms with Crippen LogP contribution in [0.25, 0.3) is 10.9 Å². The van der Waals surface area contributed by atoms with E-state index in [1.807, 2.05) is 30.5 Å². The lowest BCUT2D eigenvalue weighted by atomic mass is 10.0. The second-order valence-corrected chi connectivity index (χ2v) is 7.05. The summed E-state index contributed by atoms with van der Waals surface area (Å²) in [6.07, 6.45) is 7.36. The van der Waals surface area contributed by atoms with Crippen LogP contribution >= 0.6 is 0 Å². The molecule has 1 amide bonds. The molecule has 7 heteroatoms. The predicted octanol–water partition coefficient (Wildman–Crippen LogP) is 3.27. The van der Waals surface area contributed by atoms with E-state index in [0.29, 0.717) is 19.3 Å². The van der Waals surface area contributed by atoms with Gasteiger partial charge in [0.05, 0.1) is 14.2 Å². The molecule has 0 aliphatic rings. The summed E-state index contributed by atoms with van der Waals surface area (Å²) in [6, 6.07) is 7.12. The Balaban J connectivity index is 1.77. The molecule has 1 unspecified atom stereocenters. The summed E-state index contributed by atoms with van der Waals surface area (Å²) in [6.45, 7) is 0. The molecule has 0 saturated heterocycles. The Labute approximate surface area is 171 Å². The minimum atomic E-state index is -0.716. The number of aromatic nitrogens is 1. The molecular formula is C22H30N2O5. The highest BCUT2D eigenvalue weighted by molar-refractivity contribution is 5.87. The Hall–Kier alpha value is -2.83. The molecule has 7 nitrogen and oxygen atoms in total. The van der Waals surface area contributed by atoms with Crippen molar-refractivity contribution in [1.82, 2.24) is 10.3 Å². The van der Waals surface area contributed by atoms with Gasteiger partial charge in [-0.25, -0.2) is 4.79 Å². The molecule has 158 valence electrons. The summed E-state index contributed by atoms with van der Waals surface area (Å²) in [7, 11) is 2.71. The van der Waals surface area contributed by atoms with Crippen LogP contribution in [0, 0.1) is 0 Å². The van der Waals surface area contributed by atoms with Crippen molar-refractivity contribution in [1.29, 1.82) is 0 Å². The number of unbranched alkanes of at least 4 members (excludes halogenated alkanes) is 4. The Bertz CT molecular complexity index is 814. The van der Waals surface area contributed by atoms with Crippen molar-refractivity contribution in [2.75, 3.05) is 14.2 Å². The summed E-state index contributed by atoms with van der Waals surface area (Å²) in [5.41, 5.74) is 1.95. The molecule has 1 atom stereocenters. The quantitative estimate of drug-likeness (QED) is 0.419. The summed E-state index contributed by atoms with van der Waals surface area (Å²) in [5.74, 6) is -0.797. The van der Waals surface area contributed by atoms with E-state index < -0.39 is 12.0 Å². The minimum absolute atomic E-state index is 0.158. The van der Waals surface area contributed by atoms with Gasteiger partial charge in [-0.05, 0) is 24.5 Å². The number of nitrogens with one attached hydrogen (secondary N) is 2. The number of esters is 2. The third kappa shape index (κ3) is 7.25. The number of benzene rings is 1. The number of fused-ring (bicyclic) bond motifs is 1. The second-order valence-electron chi connectivity index (χ2n) is 7.05.